The lowest BCUT2D eigenvalue weighted by Gasteiger charge is -2.14. The van der Waals surface area contributed by atoms with Crippen LogP contribution >= 0.6 is 0 Å². The van der Waals surface area contributed by atoms with E-state index in [4.69, 9.17) is 14.2 Å². The average molecular weight is 292 g/mol. The van der Waals surface area contributed by atoms with Gasteiger partial charge in [0.2, 0.25) is 0 Å². The highest BCUT2D eigenvalue weighted by Gasteiger charge is 2.77. The highest BCUT2D eigenvalue weighted by atomic mass is 16.5. The Morgan fingerprint density at radius 2 is 1.67 bits per heavy atom. The van der Waals surface area contributed by atoms with Gasteiger partial charge in [-0.1, -0.05) is 18.2 Å². The molecule has 1 saturated carbocycles. The van der Waals surface area contributed by atoms with Crippen LogP contribution in [0.25, 0.3) is 0 Å². The van der Waals surface area contributed by atoms with Crippen LogP contribution in [0.5, 0.6) is 5.75 Å². The van der Waals surface area contributed by atoms with Crippen molar-refractivity contribution in [3.63, 3.8) is 0 Å². The van der Waals surface area contributed by atoms with Crippen LogP contribution in [0.15, 0.2) is 24.3 Å². The van der Waals surface area contributed by atoms with Gasteiger partial charge in [-0.15, -0.1) is 0 Å². The monoisotopic (exact) mass is 292 g/mol. The van der Waals surface area contributed by atoms with Gasteiger partial charge in [-0.3, -0.25) is 9.59 Å². The van der Waals surface area contributed by atoms with E-state index < -0.39 is 29.2 Å². The maximum absolute atomic E-state index is 12.1. The van der Waals surface area contributed by atoms with Gasteiger partial charge in [0, 0.05) is 5.92 Å². The molecule has 6 nitrogen and oxygen atoms in total. The second-order valence-electron chi connectivity index (χ2n) is 4.73. The normalized spacial score (nSPS) is 22.0. The summed E-state index contributed by atoms with van der Waals surface area (Å²) in [4.78, 5) is 35.6. The van der Waals surface area contributed by atoms with Gasteiger partial charge in [0.1, 0.15) is 12.0 Å². The average Bonchev–Trinajstić information content (AvgIpc) is 3.22. The van der Waals surface area contributed by atoms with E-state index in [1.807, 2.05) is 0 Å². The predicted molar refractivity (Wildman–Crippen MR) is 71.8 cm³/mol. The van der Waals surface area contributed by atoms with E-state index in [0.717, 1.165) is 0 Å². The van der Waals surface area contributed by atoms with Crippen LogP contribution in [0, 0.1) is 11.3 Å². The number of para-hydroxylation sites is 1. The van der Waals surface area contributed by atoms with Gasteiger partial charge in [0.15, 0.2) is 5.41 Å². The van der Waals surface area contributed by atoms with Crippen molar-refractivity contribution in [3.8, 4) is 5.75 Å². The van der Waals surface area contributed by atoms with E-state index in [1.165, 1.54) is 21.3 Å². The number of carbonyl (C=O) groups is 3. The fourth-order valence-electron chi connectivity index (χ4n) is 2.91. The first-order valence-electron chi connectivity index (χ1n) is 6.34. The molecule has 0 radical (unpaired) electrons. The first-order valence-corrected chi connectivity index (χ1v) is 6.34. The van der Waals surface area contributed by atoms with Gasteiger partial charge in [-0.2, -0.15) is 0 Å². The van der Waals surface area contributed by atoms with Crippen molar-refractivity contribution < 1.29 is 28.6 Å². The molecule has 2 atom stereocenters. The summed E-state index contributed by atoms with van der Waals surface area (Å²) >= 11 is 0. The minimum atomic E-state index is -1.63. The highest BCUT2D eigenvalue weighted by Crippen LogP contribution is 2.66. The molecule has 0 N–H and O–H groups in total. The van der Waals surface area contributed by atoms with Crippen LogP contribution in [0.3, 0.4) is 0 Å². The van der Waals surface area contributed by atoms with Crippen molar-refractivity contribution in [1.82, 2.24) is 0 Å². The number of hydrogen-bond donors (Lipinski definition) is 0. The zero-order chi connectivity index (χ0) is 15.6. The lowest BCUT2D eigenvalue weighted by Crippen LogP contribution is -2.32. The number of methoxy groups -OCH3 is 3. The summed E-state index contributed by atoms with van der Waals surface area (Å²) in [5.41, 5.74) is -1.02. The Hall–Kier alpha value is -2.37. The smallest absolute Gasteiger partial charge is 0.324 e. The molecule has 112 valence electrons. The first-order chi connectivity index (χ1) is 10.1. The van der Waals surface area contributed by atoms with E-state index >= 15 is 0 Å². The van der Waals surface area contributed by atoms with Crippen LogP contribution in [-0.2, 0) is 23.9 Å². The Morgan fingerprint density at radius 3 is 2.14 bits per heavy atom. The largest absolute Gasteiger partial charge is 0.496 e. The summed E-state index contributed by atoms with van der Waals surface area (Å²) in [5.74, 6) is -2.52. The number of benzene rings is 1. The molecule has 0 bridgehead atoms. The van der Waals surface area contributed by atoms with Crippen molar-refractivity contribution in [2.45, 2.75) is 5.92 Å². The van der Waals surface area contributed by atoms with Crippen LogP contribution in [-0.4, -0.2) is 39.6 Å². The van der Waals surface area contributed by atoms with Gasteiger partial charge in [-0.05, 0) is 11.6 Å². The molecular formula is C15H16O6. The van der Waals surface area contributed by atoms with Crippen molar-refractivity contribution in [3.05, 3.63) is 29.8 Å². The number of hydrogen-bond acceptors (Lipinski definition) is 6. The fourth-order valence-corrected chi connectivity index (χ4v) is 2.91. The SMILES string of the molecule is COC(=O)C1(C(=O)OC)[C@H](C=O)[C@H]1c1ccccc1OC. The van der Waals surface area contributed by atoms with Gasteiger partial charge >= 0.3 is 11.9 Å². The summed E-state index contributed by atoms with van der Waals surface area (Å²) in [7, 11) is 3.83. The molecule has 2 rings (SSSR count). The molecule has 1 aliphatic carbocycles. The molecule has 1 aromatic rings. The van der Waals surface area contributed by atoms with E-state index in [9.17, 15) is 14.4 Å². The molecule has 0 saturated heterocycles. The molecule has 0 aromatic heterocycles. The number of carbonyl (C=O) groups excluding carboxylic acids is 3. The summed E-state index contributed by atoms with van der Waals surface area (Å²) in [5, 5.41) is 0. The molecule has 0 unspecified atom stereocenters. The fraction of sp³-hybridized carbons (Fsp3) is 0.400. The minimum absolute atomic E-state index is 0.504. The zero-order valence-electron chi connectivity index (χ0n) is 12.0. The second kappa shape index (κ2) is 5.55. The maximum atomic E-state index is 12.1. The Morgan fingerprint density at radius 1 is 1.10 bits per heavy atom. The Kier molecular flexibility index (Phi) is 3.97. The van der Waals surface area contributed by atoms with E-state index in [1.54, 1.807) is 24.3 Å². The van der Waals surface area contributed by atoms with Gasteiger partial charge in [0.25, 0.3) is 0 Å². The van der Waals surface area contributed by atoms with Crippen LogP contribution in [0.2, 0.25) is 0 Å². The molecule has 1 aromatic carbocycles. The van der Waals surface area contributed by atoms with Crippen molar-refractivity contribution in [2.24, 2.45) is 11.3 Å². The molecule has 21 heavy (non-hydrogen) atoms. The highest BCUT2D eigenvalue weighted by molar-refractivity contribution is 6.09. The van der Waals surface area contributed by atoms with Gasteiger partial charge < -0.3 is 19.0 Å². The topological polar surface area (TPSA) is 78.9 Å². The standard InChI is InChI=1S/C15H16O6/c1-19-11-7-5-4-6-9(11)12-10(8-16)15(12,13(17)20-2)14(18)21-3/h4-8,10,12H,1-3H3/t10-,12-/m1/s1. The number of esters is 2. The van der Waals surface area contributed by atoms with E-state index in [-0.39, 0.29) is 0 Å². The molecule has 1 aliphatic rings. The molecule has 0 aliphatic heterocycles. The maximum Gasteiger partial charge on any atom is 0.324 e. The molecular weight excluding hydrogens is 276 g/mol. The van der Waals surface area contributed by atoms with E-state index in [0.29, 0.717) is 17.6 Å². The Bertz CT molecular complexity index is 563. The van der Waals surface area contributed by atoms with Crippen molar-refractivity contribution >= 4 is 18.2 Å². The zero-order valence-corrected chi connectivity index (χ0v) is 12.0. The summed E-state index contributed by atoms with van der Waals surface area (Å²) in [6.07, 6.45) is 0.588. The summed E-state index contributed by atoms with van der Waals surface area (Å²) < 4.78 is 14.7. The summed E-state index contributed by atoms with van der Waals surface area (Å²) in [6, 6.07) is 6.93. The minimum Gasteiger partial charge on any atom is -0.496 e. The first kappa shape index (κ1) is 15.0. The van der Waals surface area contributed by atoms with Crippen molar-refractivity contribution in [1.29, 1.82) is 0 Å². The number of ether oxygens (including phenoxy) is 3. The molecule has 0 spiro atoms. The predicted octanol–water partition coefficient (Wildman–Crippen LogP) is 0.940. The molecule has 1 fully saturated rings. The number of rotatable bonds is 5. The Labute approximate surface area is 122 Å². The lowest BCUT2D eigenvalue weighted by atomic mass is 9.98. The molecule has 0 amide bonds. The van der Waals surface area contributed by atoms with Gasteiger partial charge in [0.05, 0.1) is 27.2 Å². The second-order valence-corrected chi connectivity index (χ2v) is 4.73. The molecule has 0 heterocycles. The quantitative estimate of drug-likeness (QED) is 0.456. The third kappa shape index (κ3) is 1.98. The third-order valence-corrected chi connectivity index (χ3v) is 3.93. The van der Waals surface area contributed by atoms with Crippen molar-refractivity contribution in [2.75, 3.05) is 21.3 Å². The number of aldehydes is 1. The molecule has 6 heteroatoms. The van der Waals surface area contributed by atoms with Crippen LogP contribution in [0.4, 0.5) is 0 Å². The van der Waals surface area contributed by atoms with E-state index in [2.05, 4.69) is 0 Å². The third-order valence-electron chi connectivity index (χ3n) is 3.93. The van der Waals surface area contributed by atoms with Gasteiger partial charge in [-0.25, -0.2) is 0 Å². The van der Waals surface area contributed by atoms with Crippen LogP contribution < -0.4 is 4.74 Å². The lowest BCUT2D eigenvalue weighted by molar-refractivity contribution is -0.162. The Balaban J connectivity index is 2.55. The van der Waals surface area contributed by atoms with Crippen LogP contribution in [0.1, 0.15) is 11.5 Å². The summed E-state index contributed by atoms with van der Waals surface area (Å²) in [6.45, 7) is 0.